The van der Waals surface area contributed by atoms with Gasteiger partial charge in [0.1, 0.15) is 5.75 Å². The minimum atomic E-state index is 0.00717. The fourth-order valence-corrected chi connectivity index (χ4v) is 5.47. The molecule has 3 aromatic rings. The Hall–Kier alpha value is -4.08. The average Bonchev–Trinajstić information content (AvgIpc) is 2.99. The van der Waals surface area contributed by atoms with Gasteiger partial charge >= 0.3 is 0 Å². The summed E-state index contributed by atoms with van der Waals surface area (Å²) in [6, 6.07) is 20.9. The van der Waals surface area contributed by atoms with E-state index in [0.717, 1.165) is 47.9 Å². The fraction of sp³-hybridized carbons (Fsp3) is 0.353. The Labute approximate surface area is 236 Å². The van der Waals surface area contributed by atoms with Crippen LogP contribution in [0.4, 0.5) is 0 Å². The number of hydrogen-bond acceptors (Lipinski definition) is 4. The van der Waals surface area contributed by atoms with Gasteiger partial charge in [-0.05, 0) is 99.2 Å². The molecule has 2 saturated heterocycles. The lowest BCUT2D eigenvalue weighted by Crippen LogP contribution is -2.45. The number of rotatable bonds is 4. The first-order valence-electron chi connectivity index (χ1n) is 14.1. The Bertz CT molecular complexity index is 1380. The highest BCUT2D eigenvalue weighted by molar-refractivity contribution is 5.95. The predicted octanol–water partition coefficient (Wildman–Crippen LogP) is 5.33. The number of phenols is 1. The first kappa shape index (κ1) is 27.5. The Morgan fingerprint density at radius 2 is 1.15 bits per heavy atom. The minimum Gasteiger partial charge on any atom is -0.507 e. The molecule has 0 radical (unpaired) electrons. The molecule has 206 valence electrons. The van der Waals surface area contributed by atoms with Gasteiger partial charge in [0.15, 0.2) is 0 Å². The predicted molar refractivity (Wildman–Crippen MR) is 155 cm³/mol. The SMILES string of the molecule is Cc1cc(C(=O)N2CCC(OC3CCN(C(=O)c4ccc(C#Cc5ccccc5)cc4)CC3)CC2)cc(C)c1O. The van der Waals surface area contributed by atoms with E-state index in [2.05, 4.69) is 11.8 Å². The highest BCUT2D eigenvalue weighted by atomic mass is 16.5. The number of carbonyl (C=O) groups is 2. The van der Waals surface area contributed by atoms with Crippen LogP contribution >= 0.6 is 0 Å². The highest BCUT2D eigenvalue weighted by Gasteiger charge is 2.29. The molecule has 0 aliphatic carbocycles. The third kappa shape index (κ3) is 6.55. The zero-order chi connectivity index (χ0) is 28.1. The number of amides is 2. The van der Waals surface area contributed by atoms with Gasteiger partial charge in [-0.25, -0.2) is 0 Å². The summed E-state index contributed by atoms with van der Waals surface area (Å²) in [5.74, 6) is 6.60. The van der Waals surface area contributed by atoms with Crippen molar-refractivity contribution >= 4 is 11.8 Å². The lowest BCUT2D eigenvalue weighted by atomic mass is 10.0. The zero-order valence-electron chi connectivity index (χ0n) is 23.2. The molecule has 0 saturated carbocycles. The van der Waals surface area contributed by atoms with Crippen LogP contribution in [-0.2, 0) is 4.74 Å². The van der Waals surface area contributed by atoms with Crippen LogP contribution < -0.4 is 0 Å². The summed E-state index contributed by atoms with van der Waals surface area (Å²) < 4.78 is 6.41. The van der Waals surface area contributed by atoms with Gasteiger partial charge in [0.25, 0.3) is 11.8 Å². The van der Waals surface area contributed by atoms with E-state index in [1.165, 1.54) is 0 Å². The van der Waals surface area contributed by atoms with Gasteiger partial charge in [-0.15, -0.1) is 0 Å². The number of piperidine rings is 2. The number of aromatic hydroxyl groups is 1. The number of phenolic OH excluding ortho intramolecular Hbond substituents is 1. The Morgan fingerprint density at radius 3 is 1.65 bits per heavy atom. The average molecular weight is 537 g/mol. The molecule has 5 rings (SSSR count). The van der Waals surface area contributed by atoms with Crippen molar-refractivity contribution in [2.75, 3.05) is 26.2 Å². The topological polar surface area (TPSA) is 70.1 Å². The number of likely N-dealkylation sites (tertiary alicyclic amines) is 2. The van der Waals surface area contributed by atoms with E-state index in [0.29, 0.717) is 37.3 Å². The summed E-state index contributed by atoms with van der Waals surface area (Å²) in [7, 11) is 0. The molecular weight excluding hydrogens is 500 g/mol. The number of carbonyl (C=O) groups excluding carboxylic acids is 2. The molecule has 2 amide bonds. The van der Waals surface area contributed by atoms with Crippen molar-refractivity contribution in [2.45, 2.75) is 51.7 Å². The summed E-state index contributed by atoms with van der Waals surface area (Å²) in [6.45, 7) is 6.30. The van der Waals surface area contributed by atoms with Crippen molar-refractivity contribution in [1.29, 1.82) is 0 Å². The molecule has 6 heteroatoms. The maximum atomic E-state index is 13.1. The van der Waals surface area contributed by atoms with Crippen molar-refractivity contribution in [3.8, 4) is 17.6 Å². The summed E-state index contributed by atoms with van der Waals surface area (Å²) in [6.07, 6.45) is 3.51. The molecule has 0 unspecified atom stereocenters. The number of ether oxygens (including phenoxy) is 1. The normalized spacial score (nSPS) is 16.4. The number of nitrogens with zero attached hydrogens (tertiary/aromatic N) is 2. The van der Waals surface area contributed by atoms with Gasteiger partial charge in [0, 0.05) is 48.4 Å². The molecule has 2 heterocycles. The summed E-state index contributed by atoms with van der Waals surface area (Å²) in [5.41, 5.74) is 4.59. The van der Waals surface area contributed by atoms with E-state index >= 15 is 0 Å². The van der Waals surface area contributed by atoms with Crippen LogP contribution in [0.2, 0.25) is 0 Å². The molecule has 6 nitrogen and oxygen atoms in total. The molecule has 3 aromatic carbocycles. The molecule has 40 heavy (non-hydrogen) atoms. The first-order chi connectivity index (χ1) is 19.4. The summed E-state index contributed by atoms with van der Waals surface area (Å²) >= 11 is 0. The number of hydrogen-bond donors (Lipinski definition) is 1. The largest absolute Gasteiger partial charge is 0.507 e. The molecule has 0 aromatic heterocycles. The van der Waals surface area contributed by atoms with Gasteiger partial charge in [-0.1, -0.05) is 30.0 Å². The standard InChI is InChI=1S/C34H36N2O4/c1-24-22-29(23-25(2)32(24)37)34(39)36-20-16-31(17-21-36)40-30-14-18-35(19-15-30)33(38)28-12-10-27(11-13-28)9-8-26-6-4-3-5-7-26/h3-7,10-13,22-23,30-31,37H,14-21H2,1-2H3. The van der Waals surface area contributed by atoms with E-state index in [4.69, 9.17) is 4.74 Å². The van der Waals surface area contributed by atoms with Gasteiger partial charge in [0.2, 0.25) is 0 Å². The molecule has 1 N–H and O–H groups in total. The van der Waals surface area contributed by atoms with Crippen molar-refractivity contribution in [3.63, 3.8) is 0 Å². The zero-order valence-corrected chi connectivity index (χ0v) is 23.2. The quantitative estimate of drug-likeness (QED) is 0.458. The van der Waals surface area contributed by atoms with E-state index in [1.54, 1.807) is 12.1 Å². The Kier molecular flexibility index (Phi) is 8.52. The molecule has 0 spiro atoms. The van der Waals surface area contributed by atoms with Crippen LogP contribution in [0, 0.1) is 25.7 Å². The first-order valence-corrected chi connectivity index (χ1v) is 14.1. The Morgan fingerprint density at radius 1 is 0.700 bits per heavy atom. The molecule has 0 atom stereocenters. The molecule has 2 aliphatic heterocycles. The molecular formula is C34H36N2O4. The van der Waals surface area contributed by atoms with E-state index in [-0.39, 0.29) is 29.8 Å². The van der Waals surface area contributed by atoms with Crippen LogP contribution in [0.5, 0.6) is 5.75 Å². The molecule has 2 fully saturated rings. The minimum absolute atomic E-state index is 0.00717. The second-order valence-electron chi connectivity index (χ2n) is 10.8. The molecule has 2 aliphatic rings. The summed E-state index contributed by atoms with van der Waals surface area (Å²) in [5, 5.41) is 10.0. The number of benzene rings is 3. The third-order valence-corrected chi connectivity index (χ3v) is 7.84. The van der Waals surface area contributed by atoms with Crippen LogP contribution in [-0.4, -0.2) is 65.1 Å². The smallest absolute Gasteiger partial charge is 0.253 e. The summed E-state index contributed by atoms with van der Waals surface area (Å²) in [4.78, 5) is 29.9. The Balaban J connectivity index is 1.07. The van der Waals surface area contributed by atoms with Crippen LogP contribution in [0.25, 0.3) is 0 Å². The highest BCUT2D eigenvalue weighted by Crippen LogP contribution is 2.26. The third-order valence-electron chi connectivity index (χ3n) is 7.84. The fourth-order valence-electron chi connectivity index (χ4n) is 5.47. The van der Waals surface area contributed by atoms with Gasteiger partial charge in [0.05, 0.1) is 12.2 Å². The molecule has 0 bridgehead atoms. The van der Waals surface area contributed by atoms with E-state index < -0.39 is 0 Å². The lowest BCUT2D eigenvalue weighted by Gasteiger charge is -2.37. The van der Waals surface area contributed by atoms with E-state index in [1.807, 2.05) is 78.2 Å². The van der Waals surface area contributed by atoms with Crippen molar-refractivity contribution in [1.82, 2.24) is 9.80 Å². The van der Waals surface area contributed by atoms with Crippen LogP contribution in [0.1, 0.15) is 68.7 Å². The van der Waals surface area contributed by atoms with Crippen LogP contribution in [0.3, 0.4) is 0 Å². The maximum absolute atomic E-state index is 13.1. The number of aryl methyl sites for hydroxylation is 2. The van der Waals surface area contributed by atoms with Crippen LogP contribution in [0.15, 0.2) is 66.7 Å². The van der Waals surface area contributed by atoms with Gasteiger partial charge in [-0.2, -0.15) is 0 Å². The van der Waals surface area contributed by atoms with Crippen molar-refractivity contribution in [3.05, 3.63) is 100 Å². The second kappa shape index (κ2) is 12.4. The van der Waals surface area contributed by atoms with E-state index in [9.17, 15) is 14.7 Å². The van der Waals surface area contributed by atoms with Gasteiger partial charge < -0.3 is 19.6 Å². The second-order valence-corrected chi connectivity index (χ2v) is 10.8. The van der Waals surface area contributed by atoms with Crippen molar-refractivity contribution < 1.29 is 19.4 Å². The lowest BCUT2D eigenvalue weighted by molar-refractivity contribution is -0.0593. The van der Waals surface area contributed by atoms with Crippen molar-refractivity contribution in [2.24, 2.45) is 0 Å². The monoisotopic (exact) mass is 536 g/mol. The van der Waals surface area contributed by atoms with Gasteiger partial charge in [-0.3, -0.25) is 9.59 Å². The maximum Gasteiger partial charge on any atom is 0.253 e.